The molecule has 4 heteroatoms. The van der Waals surface area contributed by atoms with Gasteiger partial charge in [-0.2, -0.15) is 0 Å². The first-order valence-electron chi connectivity index (χ1n) is 5.99. The van der Waals surface area contributed by atoms with Crippen LogP contribution in [0.1, 0.15) is 23.8 Å². The quantitative estimate of drug-likeness (QED) is 0.813. The Bertz CT molecular complexity index is 537. The molecule has 0 radical (unpaired) electrons. The van der Waals surface area contributed by atoms with Crippen LogP contribution < -0.4 is 5.32 Å². The second-order valence-corrected chi connectivity index (χ2v) is 6.43. The summed E-state index contributed by atoms with van der Waals surface area (Å²) < 4.78 is 13.9. The van der Waals surface area contributed by atoms with Crippen LogP contribution in [-0.2, 0) is 0 Å². The van der Waals surface area contributed by atoms with Gasteiger partial charge in [0.15, 0.2) is 0 Å². The van der Waals surface area contributed by atoms with E-state index in [-0.39, 0.29) is 5.82 Å². The van der Waals surface area contributed by atoms with Crippen LogP contribution in [-0.4, -0.2) is 0 Å². The van der Waals surface area contributed by atoms with E-state index in [1.165, 1.54) is 29.9 Å². The minimum atomic E-state index is -0.216. The number of thiophene rings is 1. The SMILES string of the molecule is Fc1ccc(NC(c2cccs2)C2CC2)c(Br)c1. The van der Waals surface area contributed by atoms with Crippen molar-refractivity contribution in [1.82, 2.24) is 0 Å². The highest BCUT2D eigenvalue weighted by Gasteiger charge is 2.33. The van der Waals surface area contributed by atoms with Crippen LogP contribution in [0.15, 0.2) is 40.2 Å². The highest BCUT2D eigenvalue weighted by atomic mass is 79.9. The number of benzene rings is 1. The van der Waals surface area contributed by atoms with Crippen LogP contribution in [0, 0.1) is 11.7 Å². The molecule has 0 aliphatic heterocycles. The van der Waals surface area contributed by atoms with E-state index < -0.39 is 0 Å². The zero-order chi connectivity index (χ0) is 12.5. The minimum absolute atomic E-state index is 0.216. The lowest BCUT2D eigenvalue weighted by atomic mass is 10.1. The molecule has 0 amide bonds. The van der Waals surface area contributed by atoms with Crippen LogP contribution >= 0.6 is 27.3 Å². The Labute approximate surface area is 118 Å². The van der Waals surface area contributed by atoms with E-state index >= 15 is 0 Å². The molecule has 1 saturated carbocycles. The zero-order valence-electron chi connectivity index (χ0n) is 9.70. The predicted octanol–water partition coefficient (Wildman–Crippen LogP) is 5.21. The van der Waals surface area contributed by atoms with Gasteiger partial charge >= 0.3 is 0 Å². The van der Waals surface area contributed by atoms with Gasteiger partial charge in [0.25, 0.3) is 0 Å². The van der Waals surface area contributed by atoms with Gasteiger partial charge < -0.3 is 5.32 Å². The lowest BCUT2D eigenvalue weighted by Crippen LogP contribution is -2.11. The molecule has 1 aromatic heterocycles. The van der Waals surface area contributed by atoms with Crippen molar-refractivity contribution in [2.24, 2.45) is 5.92 Å². The van der Waals surface area contributed by atoms with Crippen molar-refractivity contribution < 1.29 is 4.39 Å². The second-order valence-electron chi connectivity index (χ2n) is 4.60. The summed E-state index contributed by atoms with van der Waals surface area (Å²) in [6.45, 7) is 0. The fraction of sp³-hybridized carbons (Fsp3) is 0.286. The minimum Gasteiger partial charge on any atom is -0.376 e. The summed E-state index contributed by atoms with van der Waals surface area (Å²) in [7, 11) is 0. The molecule has 1 atom stereocenters. The highest BCUT2D eigenvalue weighted by molar-refractivity contribution is 9.10. The third-order valence-electron chi connectivity index (χ3n) is 3.19. The zero-order valence-corrected chi connectivity index (χ0v) is 12.1. The number of hydrogen-bond donors (Lipinski definition) is 1. The van der Waals surface area contributed by atoms with Crippen molar-refractivity contribution in [3.63, 3.8) is 0 Å². The van der Waals surface area contributed by atoms with E-state index in [1.807, 2.05) is 0 Å². The molecule has 1 N–H and O–H groups in total. The number of halogens is 2. The lowest BCUT2D eigenvalue weighted by Gasteiger charge is -2.19. The van der Waals surface area contributed by atoms with E-state index in [0.29, 0.717) is 12.0 Å². The smallest absolute Gasteiger partial charge is 0.124 e. The van der Waals surface area contributed by atoms with Crippen LogP contribution in [0.25, 0.3) is 0 Å². The van der Waals surface area contributed by atoms with Crippen LogP contribution in [0.3, 0.4) is 0 Å². The number of hydrogen-bond acceptors (Lipinski definition) is 2. The topological polar surface area (TPSA) is 12.0 Å². The molecule has 1 unspecified atom stereocenters. The Morgan fingerprint density at radius 2 is 2.17 bits per heavy atom. The summed E-state index contributed by atoms with van der Waals surface area (Å²) in [4.78, 5) is 1.36. The first-order chi connectivity index (χ1) is 8.74. The van der Waals surface area contributed by atoms with Gasteiger partial charge in [0.1, 0.15) is 5.82 Å². The van der Waals surface area contributed by atoms with Gasteiger partial charge in [-0.1, -0.05) is 6.07 Å². The molecule has 2 aromatic rings. The Morgan fingerprint density at radius 3 is 2.78 bits per heavy atom. The van der Waals surface area contributed by atoms with Crippen molar-refractivity contribution in [2.45, 2.75) is 18.9 Å². The number of anilines is 1. The first kappa shape index (κ1) is 12.2. The van der Waals surface area contributed by atoms with E-state index in [2.05, 4.69) is 38.8 Å². The molecule has 1 aliphatic carbocycles. The molecule has 18 heavy (non-hydrogen) atoms. The van der Waals surface area contributed by atoms with Crippen molar-refractivity contribution in [3.8, 4) is 0 Å². The van der Waals surface area contributed by atoms with Crippen LogP contribution in [0.5, 0.6) is 0 Å². The highest BCUT2D eigenvalue weighted by Crippen LogP contribution is 2.44. The molecule has 94 valence electrons. The summed E-state index contributed by atoms with van der Waals surface area (Å²) in [5.74, 6) is 0.493. The predicted molar refractivity (Wildman–Crippen MR) is 77.5 cm³/mol. The van der Waals surface area contributed by atoms with E-state index in [9.17, 15) is 4.39 Å². The average Bonchev–Trinajstić information content (AvgIpc) is 3.03. The van der Waals surface area contributed by atoms with Crippen molar-refractivity contribution in [2.75, 3.05) is 5.32 Å². The van der Waals surface area contributed by atoms with Gasteiger partial charge in [-0.05, 0) is 64.3 Å². The Hall–Kier alpha value is -0.870. The Kier molecular flexibility index (Phi) is 3.39. The van der Waals surface area contributed by atoms with E-state index in [4.69, 9.17) is 0 Å². The van der Waals surface area contributed by atoms with Crippen molar-refractivity contribution >= 4 is 33.0 Å². The van der Waals surface area contributed by atoms with Crippen LogP contribution in [0.4, 0.5) is 10.1 Å². The molecule has 0 bridgehead atoms. The summed E-state index contributed by atoms with van der Waals surface area (Å²) >= 11 is 5.19. The van der Waals surface area contributed by atoms with Gasteiger partial charge in [-0.15, -0.1) is 11.3 Å². The number of nitrogens with one attached hydrogen (secondary N) is 1. The molecule has 1 aliphatic rings. The normalized spacial score (nSPS) is 16.6. The summed E-state index contributed by atoms with van der Waals surface area (Å²) in [6, 6.07) is 9.38. The molecular formula is C14H13BrFNS. The molecule has 3 rings (SSSR count). The third kappa shape index (κ3) is 2.59. The summed E-state index contributed by atoms with van der Waals surface area (Å²) in [5, 5.41) is 5.64. The van der Waals surface area contributed by atoms with Gasteiger partial charge in [0, 0.05) is 15.0 Å². The van der Waals surface area contributed by atoms with E-state index in [1.54, 1.807) is 17.4 Å². The molecule has 1 heterocycles. The Balaban J connectivity index is 1.84. The first-order valence-corrected chi connectivity index (χ1v) is 7.66. The van der Waals surface area contributed by atoms with Gasteiger partial charge in [0.2, 0.25) is 0 Å². The molecule has 1 aromatic carbocycles. The van der Waals surface area contributed by atoms with Gasteiger partial charge in [0.05, 0.1) is 6.04 Å². The fourth-order valence-corrected chi connectivity index (χ4v) is 3.43. The summed E-state index contributed by atoms with van der Waals surface area (Å²) in [5.41, 5.74) is 0.960. The summed E-state index contributed by atoms with van der Waals surface area (Å²) in [6.07, 6.45) is 2.54. The lowest BCUT2D eigenvalue weighted by molar-refractivity contribution is 0.626. The maximum Gasteiger partial charge on any atom is 0.124 e. The standard InChI is InChI=1S/C14H13BrFNS/c15-11-8-10(16)5-6-12(11)17-14(9-3-4-9)13-2-1-7-18-13/h1-2,5-9,14,17H,3-4H2. The van der Waals surface area contributed by atoms with Crippen molar-refractivity contribution in [1.29, 1.82) is 0 Å². The average molecular weight is 326 g/mol. The van der Waals surface area contributed by atoms with Gasteiger partial charge in [-0.25, -0.2) is 4.39 Å². The second kappa shape index (κ2) is 5.02. The fourth-order valence-electron chi connectivity index (χ4n) is 2.09. The van der Waals surface area contributed by atoms with Crippen LogP contribution in [0.2, 0.25) is 0 Å². The molecule has 0 saturated heterocycles. The number of rotatable bonds is 4. The monoisotopic (exact) mass is 325 g/mol. The largest absolute Gasteiger partial charge is 0.376 e. The van der Waals surface area contributed by atoms with E-state index in [0.717, 1.165) is 10.2 Å². The molecule has 1 fully saturated rings. The van der Waals surface area contributed by atoms with Crippen molar-refractivity contribution in [3.05, 3.63) is 50.9 Å². The van der Waals surface area contributed by atoms with Gasteiger partial charge in [-0.3, -0.25) is 0 Å². The molecule has 0 spiro atoms. The molecule has 1 nitrogen and oxygen atoms in total. The molecular weight excluding hydrogens is 313 g/mol. The third-order valence-corrected chi connectivity index (χ3v) is 4.80. The maximum absolute atomic E-state index is 13.1. The Morgan fingerprint density at radius 1 is 1.33 bits per heavy atom. The maximum atomic E-state index is 13.1.